The molecule has 0 amide bonds. The summed E-state index contributed by atoms with van der Waals surface area (Å²) in [6, 6.07) is 79.9. The number of fused-ring (bicyclic) bond motifs is 7. The summed E-state index contributed by atoms with van der Waals surface area (Å²) in [7, 11) is 0. The Morgan fingerprint density at radius 1 is 0.339 bits per heavy atom. The smallest absolute Gasteiger partial charge is 0.0635 e. The molecule has 0 atom stereocenters. The second kappa shape index (κ2) is 14.1. The molecule has 1 aliphatic rings. The molecule has 12 rings (SSSR count). The quantitative estimate of drug-likeness (QED) is 0.163. The monoisotopic (exact) mass is 793 g/mol. The zero-order valence-electron chi connectivity index (χ0n) is 34.7. The third-order valence-corrected chi connectivity index (χ3v) is 13.1. The van der Waals surface area contributed by atoms with Gasteiger partial charge in [-0.3, -0.25) is 0 Å². The maximum absolute atomic E-state index is 2.47. The van der Waals surface area contributed by atoms with Gasteiger partial charge in [0, 0.05) is 44.8 Å². The molecule has 0 radical (unpaired) electrons. The lowest BCUT2D eigenvalue weighted by atomic mass is 9.72. The molecule has 9 aromatic carbocycles. The SMILES string of the molecule is CC1(C)c2cc(-c3ccccc3)ccc2N(c2ccc(-c3ccccc3)cc2)c2ccc(-c3ccc4c(c3)c3ccc5c(ccn5-c5ccccc5)c3n4-c3ccccc3)cc21. The van der Waals surface area contributed by atoms with Crippen molar-refractivity contribution in [2.75, 3.05) is 4.90 Å². The van der Waals surface area contributed by atoms with E-state index in [0.717, 1.165) is 17.1 Å². The molecular weight excluding hydrogens is 751 g/mol. The molecule has 0 aliphatic carbocycles. The van der Waals surface area contributed by atoms with E-state index < -0.39 is 0 Å². The van der Waals surface area contributed by atoms with Crippen LogP contribution in [0.4, 0.5) is 17.1 Å². The molecule has 3 heterocycles. The molecular formula is C59H43N3. The molecule has 11 aromatic rings. The van der Waals surface area contributed by atoms with Crippen LogP contribution in [0.25, 0.3) is 77.5 Å². The van der Waals surface area contributed by atoms with E-state index in [1.54, 1.807) is 0 Å². The number of hydrogen-bond donors (Lipinski definition) is 0. The van der Waals surface area contributed by atoms with E-state index >= 15 is 0 Å². The lowest BCUT2D eigenvalue weighted by Crippen LogP contribution is -2.30. The lowest BCUT2D eigenvalue weighted by molar-refractivity contribution is 0.632. The van der Waals surface area contributed by atoms with Crippen LogP contribution in [-0.2, 0) is 5.41 Å². The number of para-hydroxylation sites is 2. The Hall–Kier alpha value is -7.88. The number of rotatable bonds is 6. The second-order valence-electron chi connectivity index (χ2n) is 17.0. The van der Waals surface area contributed by atoms with Gasteiger partial charge < -0.3 is 14.0 Å². The van der Waals surface area contributed by atoms with Crippen molar-refractivity contribution in [2.45, 2.75) is 19.3 Å². The van der Waals surface area contributed by atoms with Crippen LogP contribution in [0.15, 0.2) is 225 Å². The Balaban J connectivity index is 1.03. The van der Waals surface area contributed by atoms with Gasteiger partial charge >= 0.3 is 0 Å². The Labute approximate surface area is 362 Å². The van der Waals surface area contributed by atoms with Crippen molar-refractivity contribution in [3.05, 3.63) is 236 Å². The summed E-state index contributed by atoms with van der Waals surface area (Å²) in [5.74, 6) is 0. The van der Waals surface area contributed by atoms with Crippen LogP contribution in [0.1, 0.15) is 25.0 Å². The minimum Gasteiger partial charge on any atom is -0.316 e. The van der Waals surface area contributed by atoms with E-state index in [2.05, 4.69) is 252 Å². The summed E-state index contributed by atoms with van der Waals surface area (Å²) in [6.45, 7) is 4.78. The van der Waals surface area contributed by atoms with E-state index in [0.29, 0.717) is 0 Å². The summed E-state index contributed by atoms with van der Waals surface area (Å²) in [5.41, 5.74) is 19.1. The van der Waals surface area contributed by atoms with Gasteiger partial charge in [0.2, 0.25) is 0 Å². The highest BCUT2D eigenvalue weighted by atomic mass is 15.2. The number of aromatic nitrogens is 2. The van der Waals surface area contributed by atoms with Crippen molar-refractivity contribution in [3.63, 3.8) is 0 Å². The Morgan fingerprint density at radius 3 is 1.45 bits per heavy atom. The number of nitrogens with zero attached hydrogens (tertiary/aromatic N) is 3. The summed E-state index contributed by atoms with van der Waals surface area (Å²) < 4.78 is 4.74. The Kier molecular flexibility index (Phi) is 8.20. The molecule has 3 heteroatoms. The summed E-state index contributed by atoms with van der Waals surface area (Å²) in [5, 5.41) is 3.72. The van der Waals surface area contributed by atoms with Crippen LogP contribution in [-0.4, -0.2) is 9.13 Å². The van der Waals surface area contributed by atoms with Gasteiger partial charge in [-0.2, -0.15) is 0 Å². The molecule has 0 spiro atoms. The molecule has 62 heavy (non-hydrogen) atoms. The van der Waals surface area contributed by atoms with Crippen molar-refractivity contribution < 1.29 is 0 Å². The van der Waals surface area contributed by atoms with Gasteiger partial charge in [-0.1, -0.05) is 147 Å². The van der Waals surface area contributed by atoms with Gasteiger partial charge in [-0.05, 0) is 129 Å². The van der Waals surface area contributed by atoms with Gasteiger partial charge in [0.05, 0.1) is 27.9 Å². The van der Waals surface area contributed by atoms with Crippen molar-refractivity contribution in [3.8, 4) is 44.8 Å². The molecule has 0 N–H and O–H groups in total. The fourth-order valence-electron chi connectivity index (χ4n) is 10.0. The first-order chi connectivity index (χ1) is 30.5. The van der Waals surface area contributed by atoms with Crippen molar-refractivity contribution >= 4 is 49.8 Å². The third-order valence-electron chi connectivity index (χ3n) is 13.1. The molecule has 0 unspecified atom stereocenters. The van der Waals surface area contributed by atoms with E-state index in [1.165, 1.54) is 88.6 Å². The third kappa shape index (κ3) is 5.66. The van der Waals surface area contributed by atoms with E-state index in [9.17, 15) is 0 Å². The van der Waals surface area contributed by atoms with Gasteiger partial charge in [0.25, 0.3) is 0 Å². The predicted octanol–water partition coefficient (Wildman–Crippen LogP) is 15.8. The van der Waals surface area contributed by atoms with Crippen molar-refractivity contribution in [1.82, 2.24) is 9.13 Å². The molecule has 294 valence electrons. The predicted molar refractivity (Wildman–Crippen MR) is 261 cm³/mol. The number of hydrogen-bond acceptors (Lipinski definition) is 1. The first kappa shape index (κ1) is 36.0. The maximum atomic E-state index is 2.47. The molecule has 2 aromatic heterocycles. The summed E-state index contributed by atoms with van der Waals surface area (Å²) >= 11 is 0. The fraction of sp³-hybridized carbons (Fsp3) is 0.0508. The highest BCUT2D eigenvalue weighted by Crippen LogP contribution is 2.54. The molecule has 0 bridgehead atoms. The number of anilines is 3. The van der Waals surface area contributed by atoms with Crippen molar-refractivity contribution in [2.24, 2.45) is 0 Å². The Morgan fingerprint density at radius 2 is 0.823 bits per heavy atom. The largest absolute Gasteiger partial charge is 0.316 e. The Bertz CT molecular complexity index is 3450. The summed E-state index contributed by atoms with van der Waals surface area (Å²) in [6.07, 6.45) is 2.20. The summed E-state index contributed by atoms with van der Waals surface area (Å²) in [4.78, 5) is 2.47. The molecule has 1 aliphatic heterocycles. The molecule has 3 nitrogen and oxygen atoms in total. The molecule has 0 saturated heterocycles. The average molecular weight is 794 g/mol. The molecule has 0 saturated carbocycles. The van der Waals surface area contributed by atoms with Gasteiger partial charge in [-0.25, -0.2) is 0 Å². The van der Waals surface area contributed by atoms with Crippen LogP contribution < -0.4 is 4.90 Å². The minimum absolute atomic E-state index is 0.281. The highest BCUT2D eigenvalue weighted by Gasteiger charge is 2.37. The van der Waals surface area contributed by atoms with Crippen LogP contribution >= 0.6 is 0 Å². The number of benzene rings is 9. The first-order valence-corrected chi connectivity index (χ1v) is 21.5. The first-order valence-electron chi connectivity index (χ1n) is 21.5. The average Bonchev–Trinajstić information content (AvgIpc) is 3.92. The maximum Gasteiger partial charge on any atom is 0.0635 e. The van der Waals surface area contributed by atoms with Crippen molar-refractivity contribution in [1.29, 1.82) is 0 Å². The van der Waals surface area contributed by atoms with Gasteiger partial charge in [0.15, 0.2) is 0 Å². The van der Waals surface area contributed by atoms with Crippen LogP contribution in [0.5, 0.6) is 0 Å². The zero-order chi connectivity index (χ0) is 41.4. The normalized spacial score (nSPS) is 13.1. The van der Waals surface area contributed by atoms with Gasteiger partial charge in [-0.15, -0.1) is 0 Å². The minimum atomic E-state index is -0.281. The lowest BCUT2D eigenvalue weighted by Gasteiger charge is -2.42. The van der Waals surface area contributed by atoms with Gasteiger partial charge in [0.1, 0.15) is 0 Å². The van der Waals surface area contributed by atoms with Crippen LogP contribution in [0, 0.1) is 0 Å². The standard InChI is InChI=1S/C59H43N3/c1-59(2)52-38-44(41-17-9-4-10-18-41)26-32-56(52)61(48-28-23-42(24-29-48)40-15-7-3-8-16-40)57-33-27-45(39-53(57)59)43-25-31-55-51(37-43)49-30-34-54-50(35-36-60(54)46-19-11-5-12-20-46)58(49)62(55)47-21-13-6-14-22-47/h3-39H,1-2H3. The van der Waals surface area contributed by atoms with Crippen LogP contribution in [0.3, 0.4) is 0 Å². The molecule has 0 fully saturated rings. The van der Waals surface area contributed by atoms with E-state index in [4.69, 9.17) is 0 Å². The fourth-order valence-corrected chi connectivity index (χ4v) is 10.0. The zero-order valence-corrected chi connectivity index (χ0v) is 34.7. The van der Waals surface area contributed by atoms with E-state index in [1.807, 2.05) is 0 Å². The van der Waals surface area contributed by atoms with E-state index in [-0.39, 0.29) is 5.41 Å². The van der Waals surface area contributed by atoms with Crippen LogP contribution in [0.2, 0.25) is 0 Å². The topological polar surface area (TPSA) is 13.1 Å². The highest BCUT2D eigenvalue weighted by molar-refractivity contribution is 6.19. The second-order valence-corrected chi connectivity index (χ2v) is 17.0.